The van der Waals surface area contributed by atoms with Gasteiger partial charge in [-0.05, 0) is 67.8 Å². The Kier molecular flexibility index (Phi) is 11.5. The molecular formula is C37H39BrFN3O4S. The normalized spacial score (nSPS) is 14.3. The molecule has 1 saturated carbocycles. The average Bonchev–Trinajstić information content (AvgIpc) is 3.07. The molecule has 1 aliphatic carbocycles. The molecule has 7 nitrogen and oxygen atoms in total. The summed E-state index contributed by atoms with van der Waals surface area (Å²) < 4.78 is 45.3. The maximum Gasteiger partial charge on any atom is 0.264 e. The van der Waals surface area contributed by atoms with E-state index in [9.17, 15) is 18.0 Å². The third-order valence-corrected chi connectivity index (χ3v) is 10.8. The molecule has 1 N–H and O–H groups in total. The Labute approximate surface area is 285 Å². The summed E-state index contributed by atoms with van der Waals surface area (Å²) in [5.74, 6) is -1.50. The van der Waals surface area contributed by atoms with Crippen LogP contribution < -0.4 is 9.62 Å². The van der Waals surface area contributed by atoms with Crippen molar-refractivity contribution in [3.63, 3.8) is 0 Å². The summed E-state index contributed by atoms with van der Waals surface area (Å²) in [6, 6.07) is 27.4. The van der Waals surface area contributed by atoms with Crippen LogP contribution in [0.25, 0.3) is 0 Å². The van der Waals surface area contributed by atoms with Gasteiger partial charge < -0.3 is 10.2 Å². The number of halogens is 2. The molecule has 0 heterocycles. The van der Waals surface area contributed by atoms with Crippen molar-refractivity contribution in [3.8, 4) is 0 Å². The Balaban J connectivity index is 1.56. The smallest absolute Gasteiger partial charge is 0.264 e. The van der Waals surface area contributed by atoms with Crippen LogP contribution in [0, 0.1) is 12.7 Å². The van der Waals surface area contributed by atoms with Gasteiger partial charge in [0.2, 0.25) is 11.8 Å². The van der Waals surface area contributed by atoms with E-state index in [1.54, 1.807) is 54.6 Å². The van der Waals surface area contributed by atoms with Gasteiger partial charge in [-0.2, -0.15) is 0 Å². The van der Waals surface area contributed by atoms with Crippen LogP contribution in [0.4, 0.5) is 10.1 Å². The number of aryl methyl sites for hydroxylation is 1. The van der Waals surface area contributed by atoms with E-state index < -0.39 is 34.3 Å². The molecule has 0 bridgehead atoms. The minimum absolute atomic E-state index is 0.0235. The Hall–Kier alpha value is -4.02. The van der Waals surface area contributed by atoms with Crippen molar-refractivity contribution < 1.29 is 22.4 Å². The summed E-state index contributed by atoms with van der Waals surface area (Å²) in [6.45, 7) is 1.03. The molecule has 47 heavy (non-hydrogen) atoms. The van der Waals surface area contributed by atoms with Gasteiger partial charge in [0.25, 0.3) is 10.0 Å². The van der Waals surface area contributed by atoms with Gasteiger partial charge in [-0.15, -0.1) is 0 Å². The largest absolute Gasteiger partial charge is 0.352 e. The van der Waals surface area contributed by atoms with Crippen molar-refractivity contribution in [1.29, 1.82) is 0 Å². The molecule has 0 aliphatic heterocycles. The number of sulfonamides is 1. The molecule has 4 aromatic rings. The number of anilines is 1. The number of benzene rings is 4. The maximum absolute atomic E-state index is 15.1. The van der Waals surface area contributed by atoms with Crippen molar-refractivity contribution in [2.75, 3.05) is 10.8 Å². The van der Waals surface area contributed by atoms with Crippen LogP contribution >= 0.6 is 15.9 Å². The van der Waals surface area contributed by atoms with E-state index in [1.807, 2.05) is 37.3 Å². The van der Waals surface area contributed by atoms with Crippen molar-refractivity contribution in [2.45, 2.75) is 69.0 Å². The highest BCUT2D eigenvalue weighted by atomic mass is 79.9. The molecule has 0 saturated heterocycles. The lowest BCUT2D eigenvalue weighted by molar-refractivity contribution is -0.140. The number of rotatable bonds is 12. The van der Waals surface area contributed by atoms with Gasteiger partial charge in [0.15, 0.2) is 0 Å². The van der Waals surface area contributed by atoms with E-state index in [2.05, 4.69) is 21.2 Å². The minimum atomic E-state index is -4.22. The number of hydrogen-bond acceptors (Lipinski definition) is 4. The number of amides is 2. The maximum atomic E-state index is 15.1. The molecular weight excluding hydrogens is 681 g/mol. The first kappa shape index (κ1) is 34.3. The number of nitrogens with zero attached hydrogens (tertiary/aromatic N) is 2. The van der Waals surface area contributed by atoms with Crippen LogP contribution in [0.3, 0.4) is 0 Å². The first-order chi connectivity index (χ1) is 22.6. The summed E-state index contributed by atoms with van der Waals surface area (Å²) >= 11 is 3.40. The van der Waals surface area contributed by atoms with Crippen LogP contribution in [0.5, 0.6) is 0 Å². The SMILES string of the molecule is Cc1ccc(S(=O)(=O)N(CC(=O)N(Cc2ccccc2F)C(Cc2ccccc2)C(=O)NC2CCCCC2)c2ccc(Br)cc2)cc1. The van der Waals surface area contributed by atoms with E-state index >= 15 is 4.39 Å². The topological polar surface area (TPSA) is 86.8 Å². The van der Waals surface area contributed by atoms with Gasteiger partial charge in [-0.3, -0.25) is 13.9 Å². The fourth-order valence-electron chi connectivity index (χ4n) is 5.88. The Bertz CT molecular complexity index is 1760. The molecule has 10 heteroatoms. The van der Waals surface area contributed by atoms with Gasteiger partial charge in [0.1, 0.15) is 18.4 Å². The summed E-state index contributed by atoms with van der Waals surface area (Å²) in [5.41, 5.74) is 2.21. The van der Waals surface area contributed by atoms with Gasteiger partial charge >= 0.3 is 0 Å². The van der Waals surface area contributed by atoms with Crippen molar-refractivity contribution in [3.05, 3.63) is 130 Å². The predicted octanol–water partition coefficient (Wildman–Crippen LogP) is 7.18. The average molecular weight is 721 g/mol. The van der Waals surface area contributed by atoms with E-state index in [1.165, 1.54) is 23.1 Å². The second-order valence-electron chi connectivity index (χ2n) is 12.0. The predicted molar refractivity (Wildman–Crippen MR) is 186 cm³/mol. The second-order valence-corrected chi connectivity index (χ2v) is 14.7. The van der Waals surface area contributed by atoms with Crippen LogP contribution in [-0.2, 0) is 32.6 Å². The fraction of sp³-hybridized carbons (Fsp3) is 0.297. The summed E-state index contributed by atoms with van der Waals surface area (Å²) in [6.07, 6.45) is 4.98. The zero-order valence-corrected chi connectivity index (χ0v) is 28.7. The van der Waals surface area contributed by atoms with Crippen molar-refractivity contribution >= 4 is 43.5 Å². The standard InChI is InChI=1S/C37H39BrFN3O4S/c1-27-16-22-33(23-17-27)47(45,46)42(32-20-18-30(38)19-21-32)26-36(43)41(25-29-12-8-9-15-34(29)39)35(24-28-10-4-2-5-11-28)37(44)40-31-13-6-3-7-14-31/h2,4-5,8-12,15-23,31,35H,3,6-7,13-14,24-26H2,1H3,(H,40,44). The molecule has 1 fully saturated rings. The highest BCUT2D eigenvalue weighted by molar-refractivity contribution is 9.10. The summed E-state index contributed by atoms with van der Waals surface area (Å²) in [5, 5.41) is 3.16. The Morgan fingerprint density at radius 2 is 1.51 bits per heavy atom. The quantitative estimate of drug-likeness (QED) is 0.168. The van der Waals surface area contributed by atoms with Gasteiger partial charge in [-0.25, -0.2) is 12.8 Å². The highest BCUT2D eigenvalue weighted by Crippen LogP contribution is 2.27. The monoisotopic (exact) mass is 719 g/mol. The van der Waals surface area contributed by atoms with Gasteiger partial charge in [0, 0.05) is 29.0 Å². The zero-order chi connectivity index (χ0) is 33.4. The fourth-order valence-corrected chi connectivity index (χ4v) is 7.56. The van der Waals surface area contributed by atoms with E-state index in [0.29, 0.717) is 0 Å². The minimum Gasteiger partial charge on any atom is -0.352 e. The van der Waals surface area contributed by atoms with Crippen LogP contribution in [0.2, 0.25) is 0 Å². The molecule has 2 amide bonds. The lowest BCUT2D eigenvalue weighted by Gasteiger charge is -2.35. The third-order valence-electron chi connectivity index (χ3n) is 8.52. The first-order valence-corrected chi connectivity index (χ1v) is 18.1. The molecule has 246 valence electrons. The molecule has 5 rings (SSSR count). The molecule has 0 aromatic heterocycles. The van der Waals surface area contributed by atoms with Gasteiger partial charge in [-0.1, -0.05) is 101 Å². The van der Waals surface area contributed by atoms with Crippen LogP contribution in [0.15, 0.2) is 112 Å². The molecule has 0 spiro atoms. The molecule has 1 aliphatic rings. The lowest BCUT2D eigenvalue weighted by atomic mass is 9.94. The van der Waals surface area contributed by atoms with Gasteiger partial charge in [0.05, 0.1) is 10.6 Å². The summed E-state index contributed by atoms with van der Waals surface area (Å²) in [4.78, 5) is 30.1. The zero-order valence-electron chi connectivity index (χ0n) is 26.3. The molecule has 1 unspecified atom stereocenters. The third kappa shape index (κ3) is 8.87. The van der Waals surface area contributed by atoms with Crippen LogP contribution in [-0.4, -0.2) is 43.8 Å². The lowest BCUT2D eigenvalue weighted by Crippen LogP contribution is -2.55. The number of carbonyl (C=O) groups is 2. The second kappa shape index (κ2) is 15.7. The number of hydrogen-bond donors (Lipinski definition) is 1. The molecule has 4 aromatic carbocycles. The van der Waals surface area contributed by atoms with E-state index in [4.69, 9.17) is 0 Å². The first-order valence-electron chi connectivity index (χ1n) is 15.8. The number of carbonyl (C=O) groups excluding carboxylic acids is 2. The van der Waals surface area contributed by atoms with E-state index in [0.717, 1.165) is 52.0 Å². The molecule has 1 atom stereocenters. The Morgan fingerprint density at radius 1 is 0.872 bits per heavy atom. The highest BCUT2D eigenvalue weighted by Gasteiger charge is 2.35. The van der Waals surface area contributed by atoms with Crippen LogP contribution in [0.1, 0.15) is 48.8 Å². The number of nitrogens with one attached hydrogen (secondary N) is 1. The summed E-state index contributed by atoms with van der Waals surface area (Å²) in [7, 11) is -4.22. The van der Waals surface area contributed by atoms with E-state index in [-0.39, 0.29) is 41.1 Å². The van der Waals surface area contributed by atoms with Crippen molar-refractivity contribution in [2.24, 2.45) is 0 Å². The Morgan fingerprint density at radius 3 is 2.17 bits per heavy atom. The molecule has 0 radical (unpaired) electrons. The van der Waals surface area contributed by atoms with Crippen molar-refractivity contribution in [1.82, 2.24) is 10.2 Å².